The van der Waals surface area contributed by atoms with Gasteiger partial charge in [-0.15, -0.1) is 11.8 Å². The van der Waals surface area contributed by atoms with Crippen molar-refractivity contribution in [2.75, 3.05) is 11.6 Å². The van der Waals surface area contributed by atoms with Crippen molar-refractivity contribution >= 4 is 45.9 Å². The van der Waals surface area contributed by atoms with Crippen molar-refractivity contribution in [1.82, 2.24) is 9.97 Å². The average molecular weight is 465 g/mol. The molecule has 0 fully saturated rings. The van der Waals surface area contributed by atoms with E-state index in [-0.39, 0.29) is 5.91 Å². The number of aryl methyl sites for hydroxylation is 2. The summed E-state index contributed by atoms with van der Waals surface area (Å²) in [4.78, 5) is 21.8. The van der Waals surface area contributed by atoms with Crippen LogP contribution in [-0.4, -0.2) is 22.1 Å². The van der Waals surface area contributed by atoms with Gasteiger partial charge < -0.3 is 9.73 Å². The summed E-state index contributed by atoms with van der Waals surface area (Å²) in [6.45, 7) is 3.78. The van der Waals surface area contributed by atoms with E-state index >= 15 is 0 Å². The minimum absolute atomic E-state index is 0.211. The molecular formula is C18H16IN3O2S. The van der Waals surface area contributed by atoms with Crippen LogP contribution in [0.4, 0.5) is 5.69 Å². The van der Waals surface area contributed by atoms with Gasteiger partial charge in [0.25, 0.3) is 5.91 Å². The Labute approximate surface area is 163 Å². The summed E-state index contributed by atoms with van der Waals surface area (Å²) in [5.41, 5.74) is 2.90. The molecule has 1 aromatic carbocycles. The monoisotopic (exact) mass is 465 g/mol. The molecule has 7 heteroatoms. The molecule has 3 rings (SSSR count). The van der Waals surface area contributed by atoms with E-state index in [4.69, 9.17) is 4.42 Å². The second-order valence-electron chi connectivity index (χ2n) is 5.41. The minimum Gasteiger partial charge on any atom is -0.461 e. The van der Waals surface area contributed by atoms with Gasteiger partial charge in [0.1, 0.15) is 5.03 Å². The number of hydrogen-bond acceptors (Lipinski definition) is 5. The number of aromatic nitrogens is 2. The van der Waals surface area contributed by atoms with Crippen molar-refractivity contribution in [3.63, 3.8) is 0 Å². The fourth-order valence-corrected chi connectivity index (χ4v) is 3.69. The van der Waals surface area contributed by atoms with Gasteiger partial charge >= 0.3 is 0 Å². The molecule has 0 aliphatic carbocycles. The molecule has 0 bridgehead atoms. The van der Waals surface area contributed by atoms with Crippen LogP contribution < -0.4 is 5.32 Å². The van der Waals surface area contributed by atoms with E-state index in [0.29, 0.717) is 27.9 Å². The lowest BCUT2D eigenvalue weighted by molar-refractivity contribution is 0.102. The standard InChI is InChI=1S/C18H16IN3O2S/c1-10-9-12(19)6-7-13(10)21-17(23)15-11(2)20-16(22-18(15)25-3)14-5-4-8-24-14/h4-9H,1-3H3,(H,21,23). The number of furan rings is 1. The second kappa shape index (κ2) is 7.57. The van der Waals surface area contributed by atoms with Gasteiger partial charge in [-0.25, -0.2) is 9.97 Å². The molecule has 0 aliphatic heterocycles. The third-order valence-corrected chi connectivity index (χ3v) is 5.01. The summed E-state index contributed by atoms with van der Waals surface area (Å²) in [5, 5.41) is 3.59. The summed E-state index contributed by atoms with van der Waals surface area (Å²) in [6, 6.07) is 9.47. The zero-order valence-electron chi connectivity index (χ0n) is 14.0. The Kier molecular flexibility index (Phi) is 5.43. The number of nitrogens with one attached hydrogen (secondary N) is 1. The van der Waals surface area contributed by atoms with Crippen molar-refractivity contribution < 1.29 is 9.21 Å². The van der Waals surface area contributed by atoms with Gasteiger partial charge in [-0.2, -0.15) is 0 Å². The van der Waals surface area contributed by atoms with E-state index in [9.17, 15) is 4.79 Å². The highest BCUT2D eigenvalue weighted by Gasteiger charge is 2.20. The Balaban J connectivity index is 1.97. The molecule has 0 atom stereocenters. The zero-order chi connectivity index (χ0) is 18.0. The van der Waals surface area contributed by atoms with E-state index in [1.807, 2.05) is 38.3 Å². The van der Waals surface area contributed by atoms with E-state index in [1.165, 1.54) is 11.8 Å². The number of amides is 1. The first kappa shape index (κ1) is 17.9. The van der Waals surface area contributed by atoms with Crippen molar-refractivity contribution in [2.45, 2.75) is 18.9 Å². The molecule has 3 aromatic rings. The smallest absolute Gasteiger partial charge is 0.260 e. The molecule has 0 saturated carbocycles. The first-order valence-corrected chi connectivity index (χ1v) is 9.84. The number of benzene rings is 1. The van der Waals surface area contributed by atoms with Crippen LogP contribution in [0.25, 0.3) is 11.6 Å². The predicted octanol–water partition coefficient (Wildman–Crippen LogP) is 4.93. The highest BCUT2D eigenvalue weighted by Crippen LogP contribution is 2.26. The van der Waals surface area contributed by atoms with Gasteiger partial charge in [-0.1, -0.05) is 0 Å². The molecule has 0 radical (unpaired) electrons. The van der Waals surface area contributed by atoms with Gasteiger partial charge in [-0.05, 0) is 78.6 Å². The van der Waals surface area contributed by atoms with Crippen LogP contribution >= 0.6 is 34.4 Å². The summed E-state index contributed by atoms with van der Waals surface area (Å²) >= 11 is 3.66. The number of carbonyl (C=O) groups excluding carboxylic acids is 1. The number of hydrogen-bond donors (Lipinski definition) is 1. The number of anilines is 1. The molecule has 2 aromatic heterocycles. The summed E-state index contributed by atoms with van der Waals surface area (Å²) < 4.78 is 6.49. The van der Waals surface area contributed by atoms with Crippen LogP contribution in [0, 0.1) is 17.4 Å². The number of nitrogens with zero attached hydrogens (tertiary/aromatic N) is 2. The molecule has 128 valence electrons. The molecule has 5 nitrogen and oxygen atoms in total. The maximum Gasteiger partial charge on any atom is 0.260 e. The third kappa shape index (κ3) is 3.87. The predicted molar refractivity (Wildman–Crippen MR) is 108 cm³/mol. The first-order valence-electron chi connectivity index (χ1n) is 7.53. The topological polar surface area (TPSA) is 68.0 Å². The highest BCUT2D eigenvalue weighted by atomic mass is 127. The Hall–Kier alpha value is -1.87. The number of halogens is 1. The molecular weight excluding hydrogens is 449 g/mol. The van der Waals surface area contributed by atoms with Gasteiger partial charge in [0, 0.05) is 9.26 Å². The van der Waals surface area contributed by atoms with E-state index in [2.05, 4.69) is 37.9 Å². The van der Waals surface area contributed by atoms with Gasteiger partial charge in [0.05, 0.1) is 17.5 Å². The summed E-state index contributed by atoms with van der Waals surface area (Å²) in [6.07, 6.45) is 3.47. The number of carbonyl (C=O) groups is 1. The van der Waals surface area contributed by atoms with Gasteiger partial charge in [0.2, 0.25) is 0 Å². The zero-order valence-corrected chi connectivity index (χ0v) is 16.9. The lowest BCUT2D eigenvalue weighted by atomic mass is 10.1. The fraction of sp³-hybridized carbons (Fsp3) is 0.167. The van der Waals surface area contributed by atoms with Crippen LogP contribution in [0.3, 0.4) is 0 Å². The average Bonchev–Trinajstić information content (AvgIpc) is 3.11. The van der Waals surface area contributed by atoms with Crippen molar-refractivity contribution in [3.05, 3.63) is 57.0 Å². The maximum atomic E-state index is 12.8. The maximum absolute atomic E-state index is 12.8. The quantitative estimate of drug-likeness (QED) is 0.336. The van der Waals surface area contributed by atoms with E-state index < -0.39 is 0 Å². The van der Waals surface area contributed by atoms with Gasteiger partial charge in [0.15, 0.2) is 11.6 Å². The minimum atomic E-state index is -0.211. The summed E-state index contributed by atoms with van der Waals surface area (Å²) in [7, 11) is 0. The molecule has 1 amide bonds. The SMILES string of the molecule is CSc1nc(-c2ccco2)nc(C)c1C(=O)Nc1ccc(I)cc1C. The fourth-order valence-electron chi connectivity index (χ4n) is 2.42. The molecule has 25 heavy (non-hydrogen) atoms. The van der Waals surface area contributed by atoms with E-state index in [1.54, 1.807) is 18.4 Å². The molecule has 0 saturated heterocycles. The first-order chi connectivity index (χ1) is 12.0. The number of thioether (sulfide) groups is 1. The van der Waals surface area contributed by atoms with Gasteiger partial charge in [-0.3, -0.25) is 4.79 Å². The van der Waals surface area contributed by atoms with Crippen LogP contribution in [-0.2, 0) is 0 Å². The van der Waals surface area contributed by atoms with Crippen molar-refractivity contribution in [1.29, 1.82) is 0 Å². The second-order valence-corrected chi connectivity index (χ2v) is 7.45. The van der Waals surface area contributed by atoms with Crippen molar-refractivity contribution in [3.8, 4) is 11.6 Å². The Morgan fingerprint density at radius 1 is 1.24 bits per heavy atom. The largest absolute Gasteiger partial charge is 0.461 e. The summed E-state index contributed by atoms with van der Waals surface area (Å²) in [5.74, 6) is 0.852. The van der Waals surface area contributed by atoms with Crippen LogP contribution in [0.2, 0.25) is 0 Å². The third-order valence-electron chi connectivity index (χ3n) is 3.66. The number of rotatable bonds is 4. The van der Waals surface area contributed by atoms with E-state index in [0.717, 1.165) is 14.8 Å². The molecule has 0 aliphatic rings. The van der Waals surface area contributed by atoms with Crippen molar-refractivity contribution in [2.24, 2.45) is 0 Å². The highest BCUT2D eigenvalue weighted by molar-refractivity contribution is 14.1. The normalized spacial score (nSPS) is 10.7. The van der Waals surface area contributed by atoms with Crippen LogP contribution in [0.15, 0.2) is 46.0 Å². The Bertz CT molecular complexity index is 926. The van der Waals surface area contributed by atoms with Crippen LogP contribution in [0.5, 0.6) is 0 Å². The Morgan fingerprint density at radius 2 is 2.04 bits per heavy atom. The molecule has 1 N–H and O–H groups in total. The van der Waals surface area contributed by atoms with Crippen LogP contribution in [0.1, 0.15) is 21.6 Å². The molecule has 0 unspecified atom stereocenters. The lowest BCUT2D eigenvalue weighted by Gasteiger charge is -2.13. The molecule has 0 spiro atoms. The lowest BCUT2D eigenvalue weighted by Crippen LogP contribution is -2.17. The Morgan fingerprint density at radius 3 is 2.68 bits per heavy atom. The molecule has 2 heterocycles.